The van der Waals surface area contributed by atoms with Crippen molar-refractivity contribution in [3.8, 4) is 28.4 Å². The molecule has 9 heteroatoms. The second-order valence-corrected chi connectivity index (χ2v) is 7.54. The predicted molar refractivity (Wildman–Crippen MR) is 115 cm³/mol. The molecule has 0 radical (unpaired) electrons. The second-order valence-electron chi connectivity index (χ2n) is 6.33. The number of anilines is 1. The summed E-state index contributed by atoms with van der Waals surface area (Å²) in [7, 11) is 3.19. The first-order valence-electron chi connectivity index (χ1n) is 9.05. The zero-order valence-corrected chi connectivity index (χ0v) is 17.4. The minimum atomic E-state index is -0.229. The molecule has 2 aromatic carbocycles. The van der Waals surface area contributed by atoms with Gasteiger partial charge in [-0.3, -0.25) is 10.1 Å². The van der Waals surface area contributed by atoms with Crippen LogP contribution in [0.3, 0.4) is 0 Å². The van der Waals surface area contributed by atoms with Crippen molar-refractivity contribution >= 4 is 22.4 Å². The fourth-order valence-electron chi connectivity index (χ4n) is 2.98. The van der Waals surface area contributed by atoms with Crippen LogP contribution in [-0.4, -0.2) is 39.9 Å². The van der Waals surface area contributed by atoms with Gasteiger partial charge < -0.3 is 9.47 Å². The Morgan fingerprint density at radius 2 is 1.83 bits per heavy atom. The molecule has 30 heavy (non-hydrogen) atoms. The van der Waals surface area contributed by atoms with E-state index < -0.39 is 0 Å². The monoisotopic (exact) mass is 421 g/mol. The molecule has 0 saturated carbocycles. The number of benzene rings is 2. The minimum Gasteiger partial charge on any atom is -0.493 e. The number of carbonyl (C=O) groups is 1. The molecule has 4 rings (SSSR count). The number of ether oxygens (including phenoxy) is 2. The number of methoxy groups -OCH3 is 2. The van der Waals surface area contributed by atoms with Gasteiger partial charge in [0.15, 0.2) is 16.6 Å². The number of nitrogens with one attached hydrogen (secondary N) is 1. The van der Waals surface area contributed by atoms with E-state index in [0.717, 1.165) is 21.8 Å². The summed E-state index contributed by atoms with van der Waals surface area (Å²) in [5.41, 5.74) is 3.03. The maximum Gasteiger partial charge on any atom is 0.257 e. The van der Waals surface area contributed by atoms with E-state index in [1.165, 1.54) is 17.7 Å². The van der Waals surface area contributed by atoms with E-state index in [1.54, 1.807) is 37.4 Å². The first kappa shape index (κ1) is 19.6. The Morgan fingerprint density at radius 1 is 1.07 bits per heavy atom. The maximum atomic E-state index is 12.6. The van der Waals surface area contributed by atoms with Crippen molar-refractivity contribution in [2.75, 3.05) is 19.5 Å². The summed E-state index contributed by atoms with van der Waals surface area (Å²) < 4.78 is 12.3. The van der Waals surface area contributed by atoms with Crippen molar-refractivity contribution in [1.82, 2.24) is 19.7 Å². The summed E-state index contributed by atoms with van der Waals surface area (Å²) in [4.78, 5) is 22.1. The molecule has 0 atom stereocenters. The van der Waals surface area contributed by atoms with Crippen molar-refractivity contribution in [3.05, 3.63) is 65.6 Å². The van der Waals surface area contributed by atoms with Gasteiger partial charge in [0, 0.05) is 16.0 Å². The normalized spacial score (nSPS) is 10.6. The van der Waals surface area contributed by atoms with E-state index in [-0.39, 0.29) is 5.91 Å². The van der Waals surface area contributed by atoms with Gasteiger partial charge >= 0.3 is 0 Å². The van der Waals surface area contributed by atoms with Gasteiger partial charge in [-0.1, -0.05) is 0 Å². The largest absolute Gasteiger partial charge is 0.493 e. The smallest absolute Gasteiger partial charge is 0.257 e. The molecule has 0 aliphatic rings. The maximum absolute atomic E-state index is 12.6. The predicted octanol–water partition coefficient (Wildman–Crippen LogP) is 3.97. The molecule has 0 fully saturated rings. The fourth-order valence-corrected chi connectivity index (χ4v) is 3.81. The van der Waals surface area contributed by atoms with E-state index >= 15 is 0 Å². The van der Waals surface area contributed by atoms with E-state index in [2.05, 4.69) is 20.4 Å². The summed E-state index contributed by atoms with van der Waals surface area (Å²) in [6.07, 6.45) is 3.06. The van der Waals surface area contributed by atoms with Crippen molar-refractivity contribution in [3.63, 3.8) is 0 Å². The van der Waals surface area contributed by atoms with Gasteiger partial charge in [-0.25, -0.2) is 14.6 Å². The summed E-state index contributed by atoms with van der Waals surface area (Å²) in [5.74, 6) is 1.05. The SMILES string of the molecule is COc1ccc(-c2nc(NC(=O)c3ccc(-n4cncn4)cc3)sc2C)cc1OC. The van der Waals surface area contributed by atoms with Crippen LogP contribution in [-0.2, 0) is 0 Å². The number of aromatic nitrogens is 4. The molecule has 2 heterocycles. The molecule has 0 unspecified atom stereocenters. The first-order valence-corrected chi connectivity index (χ1v) is 9.87. The van der Waals surface area contributed by atoms with E-state index in [9.17, 15) is 4.79 Å². The number of aryl methyl sites for hydroxylation is 1. The average Bonchev–Trinajstić information content (AvgIpc) is 3.43. The Labute approximate surface area is 177 Å². The van der Waals surface area contributed by atoms with Gasteiger partial charge in [0.05, 0.1) is 25.6 Å². The molecule has 2 aromatic heterocycles. The molecule has 0 bridgehead atoms. The number of hydrogen-bond donors (Lipinski definition) is 1. The van der Waals surface area contributed by atoms with Gasteiger partial charge in [-0.2, -0.15) is 5.10 Å². The summed E-state index contributed by atoms with van der Waals surface area (Å²) in [6.45, 7) is 1.96. The molecule has 0 aliphatic heterocycles. The highest BCUT2D eigenvalue weighted by Gasteiger charge is 2.15. The van der Waals surface area contributed by atoms with Crippen molar-refractivity contribution in [2.24, 2.45) is 0 Å². The molecule has 4 aromatic rings. The molecule has 0 spiro atoms. The van der Waals surface area contributed by atoms with Crippen LogP contribution in [0.4, 0.5) is 5.13 Å². The molecule has 0 aliphatic carbocycles. The Balaban J connectivity index is 1.53. The van der Waals surface area contributed by atoms with Gasteiger partial charge in [-0.15, -0.1) is 11.3 Å². The Kier molecular flexibility index (Phi) is 5.44. The van der Waals surface area contributed by atoms with Crippen molar-refractivity contribution in [1.29, 1.82) is 0 Å². The zero-order valence-electron chi connectivity index (χ0n) is 16.6. The van der Waals surface area contributed by atoms with Crippen LogP contribution in [0.5, 0.6) is 11.5 Å². The molecule has 152 valence electrons. The number of hydrogen-bond acceptors (Lipinski definition) is 7. The average molecular weight is 421 g/mol. The van der Waals surface area contributed by atoms with Crippen LogP contribution < -0.4 is 14.8 Å². The van der Waals surface area contributed by atoms with Crippen molar-refractivity contribution < 1.29 is 14.3 Å². The summed E-state index contributed by atoms with van der Waals surface area (Å²) in [6, 6.07) is 12.7. The zero-order chi connectivity index (χ0) is 21.1. The van der Waals surface area contributed by atoms with Crippen LogP contribution in [0.25, 0.3) is 16.9 Å². The highest BCUT2D eigenvalue weighted by Crippen LogP contribution is 2.36. The lowest BCUT2D eigenvalue weighted by atomic mass is 10.1. The highest BCUT2D eigenvalue weighted by atomic mass is 32.1. The lowest BCUT2D eigenvalue weighted by molar-refractivity contribution is 0.102. The van der Waals surface area contributed by atoms with E-state index in [0.29, 0.717) is 22.2 Å². The van der Waals surface area contributed by atoms with Gasteiger partial charge in [-0.05, 0) is 49.4 Å². The number of nitrogens with zero attached hydrogens (tertiary/aromatic N) is 4. The topological polar surface area (TPSA) is 91.2 Å². The molecule has 8 nitrogen and oxygen atoms in total. The number of rotatable bonds is 6. The lowest BCUT2D eigenvalue weighted by Gasteiger charge is -2.08. The second kappa shape index (κ2) is 8.34. The number of amides is 1. The van der Waals surface area contributed by atoms with E-state index in [4.69, 9.17) is 9.47 Å². The molecule has 1 amide bonds. The molecular weight excluding hydrogens is 402 g/mol. The van der Waals surface area contributed by atoms with E-state index in [1.807, 2.05) is 37.3 Å². The summed E-state index contributed by atoms with van der Waals surface area (Å²) >= 11 is 1.42. The fraction of sp³-hybridized carbons (Fsp3) is 0.143. The third-order valence-electron chi connectivity index (χ3n) is 4.49. The molecule has 1 N–H and O–H groups in total. The third-order valence-corrected chi connectivity index (χ3v) is 5.37. The highest BCUT2D eigenvalue weighted by molar-refractivity contribution is 7.16. The third kappa shape index (κ3) is 3.87. The standard InChI is InChI=1S/C21H19N5O3S/c1-13-19(15-6-9-17(28-2)18(10-15)29-3)24-21(30-13)25-20(27)14-4-7-16(8-5-14)26-12-22-11-23-26/h4-12H,1-3H3,(H,24,25,27). The van der Waals surface area contributed by atoms with Gasteiger partial charge in [0.2, 0.25) is 0 Å². The van der Waals surface area contributed by atoms with Gasteiger partial charge in [0.25, 0.3) is 5.91 Å². The van der Waals surface area contributed by atoms with Crippen LogP contribution >= 0.6 is 11.3 Å². The van der Waals surface area contributed by atoms with Crippen LogP contribution in [0.15, 0.2) is 55.1 Å². The Hall–Kier alpha value is -3.72. The van der Waals surface area contributed by atoms with Crippen LogP contribution in [0.2, 0.25) is 0 Å². The Morgan fingerprint density at radius 3 is 2.50 bits per heavy atom. The Bertz CT molecular complexity index is 1170. The molecular formula is C21H19N5O3S. The van der Waals surface area contributed by atoms with Crippen LogP contribution in [0, 0.1) is 6.92 Å². The lowest BCUT2D eigenvalue weighted by Crippen LogP contribution is -2.11. The quantitative estimate of drug-likeness (QED) is 0.507. The molecule has 0 saturated heterocycles. The minimum absolute atomic E-state index is 0.229. The number of thiazole rings is 1. The van der Waals surface area contributed by atoms with Crippen LogP contribution in [0.1, 0.15) is 15.2 Å². The van der Waals surface area contributed by atoms with Gasteiger partial charge in [0.1, 0.15) is 12.7 Å². The first-order chi connectivity index (χ1) is 14.6. The number of carbonyl (C=O) groups excluding carboxylic acids is 1. The summed E-state index contributed by atoms with van der Waals surface area (Å²) in [5, 5.41) is 7.48. The van der Waals surface area contributed by atoms with Crippen molar-refractivity contribution in [2.45, 2.75) is 6.92 Å².